The van der Waals surface area contributed by atoms with Gasteiger partial charge < -0.3 is 15.7 Å². The summed E-state index contributed by atoms with van der Waals surface area (Å²) in [6.45, 7) is 0.203. The van der Waals surface area contributed by atoms with E-state index in [4.69, 9.17) is 0 Å². The van der Waals surface area contributed by atoms with Crippen molar-refractivity contribution < 1.29 is 14.7 Å². The first-order valence-electron chi connectivity index (χ1n) is 9.00. The molecule has 0 aromatic heterocycles. The number of phenolic OH excluding ortho intramolecular Hbond substituents is 1. The van der Waals surface area contributed by atoms with Gasteiger partial charge in [0.15, 0.2) is 0 Å². The molecule has 1 fully saturated rings. The molecule has 0 spiro atoms. The maximum Gasteiger partial charge on any atom is 0.253 e. The number of benzene rings is 3. The quantitative estimate of drug-likeness (QED) is 0.647. The summed E-state index contributed by atoms with van der Waals surface area (Å²) in [4.78, 5) is 25.1. The summed E-state index contributed by atoms with van der Waals surface area (Å²) in [7, 11) is 0. The van der Waals surface area contributed by atoms with E-state index in [0.717, 1.165) is 23.6 Å². The molecule has 136 valence electrons. The molecule has 3 N–H and O–H groups in total. The van der Waals surface area contributed by atoms with Crippen LogP contribution in [0.2, 0.25) is 0 Å². The van der Waals surface area contributed by atoms with Gasteiger partial charge in [-0.2, -0.15) is 0 Å². The largest absolute Gasteiger partial charge is 0.508 e. The number of rotatable bonds is 5. The summed E-state index contributed by atoms with van der Waals surface area (Å²) >= 11 is 0. The van der Waals surface area contributed by atoms with E-state index in [9.17, 15) is 14.7 Å². The molecule has 1 saturated carbocycles. The van der Waals surface area contributed by atoms with Crippen LogP contribution in [0.5, 0.6) is 5.75 Å². The highest BCUT2D eigenvalue weighted by atomic mass is 16.3. The molecular formula is C22H20N2O3. The van der Waals surface area contributed by atoms with Crippen molar-refractivity contribution in [1.82, 2.24) is 5.32 Å². The molecule has 0 unspecified atom stereocenters. The SMILES string of the molecule is O=C(NCc1ccccc1O)c1cc2ccccc2cc1NC(=O)C1CC1. The zero-order valence-electron chi connectivity index (χ0n) is 14.7. The van der Waals surface area contributed by atoms with Crippen molar-refractivity contribution in [3.8, 4) is 5.75 Å². The normalized spacial score (nSPS) is 13.3. The first kappa shape index (κ1) is 17.1. The van der Waals surface area contributed by atoms with Crippen molar-refractivity contribution in [2.24, 2.45) is 5.92 Å². The molecule has 1 aliphatic carbocycles. The average Bonchev–Trinajstić information content (AvgIpc) is 3.52. The summed E-state index contributed by atoms with van der Waals surface area (Å²) in [6, 6.07) is 18.2. The van der Waals surface area contributed by atoms with Gasteiger partial charge >= 0.3 is 0 Å². The lowest BCUT2D eigenvalue weighted by atomic mass is 10.0. The lowest BCUT2D eigenvalue weighted by molar-refractivity contribution is -0.117. The number of hydrogen-bond donors (Lipinski definition) is 3. The number of nitrogens with one attached hydrogen (secondary N) is 2. The zero-order valence-corrected chi connectivity index (χ0v) is 14.7. The van der Waals surface area contributed by atoms with Crippen LogP contribution in [0, 0.1) is 5.92 Å². The van der Waals surface area contributed by atoms with Gasteiger partial charge in [0.2, 0.25) is 5.91 Å². The standard InChI is InChI=1S/C22H20N2O3/c25-20-8-4-3-7-17(20)13-23-22(27)18-11-15-5-1-2-6-16(15)12-19(18)24-21(26)14-9-10-14/h1-8,11-12,14,25H,9-10,13H2,(H,23,27)(H,24,26). The third-order valence-electron chi connectivity index (χ3n) is 4.77. The second-order valence-electron chi connectivity index (χ2n) is 6.82. The van der Waals surface area contributed by atoms with Crippen LogP contribution in [0.1, 0.15) is 28.8 Å². The van der Waals surface area contributed by atoms with Crippen LogP contribution in [0.15, 0.2) is 60.7 Å². The van der Waals surface area contributed by atoms with E-state index in [1.807, 2.05) is 30.3 Å². The number of amides is 2. The smallest absolute Gasteiger partial charge is 0.253 e. The number of anilines is 1. The minimum atomic E-state index is -0.296. The lowest BCUT2D eigenvalue weighted by Gasteiger charge is -2.13. The Morgan fingerprint density at radius 2 is 1.63 bits per heavy atom. The van der Waals surface area contributed by atoms with Gasteiger partial charge in [0.1, 0.15) is 5.75 Å². The first-order valence-corrected chi connectivity index (χ1v) is 9.00. The molecule has 0 bridgehead atoms. The maximum atomic E-state index is 12.8. The Kier molecular flexibility index (Phi) is 4.50. The molecule has 0 radical (unpaired) electrons. The summed E-state index contributed by atoms with van der Waals surface area (Å²) in [5.74, 6) is -0.151. The fourth-order valence-corrected chi connectivity index (χ4v) is 3.04. The van der Waals surface area contributed by atoms with Crippen LogP contribution >= 0.6 is 0 Å². The van der Waals surface area contributed by atoms with Gasteiger partial charge in [0.25, 0.3) is 5.91 Å². The summed E-state index contributed by atoms with van der Waals surface area (Å²) < 4.78 is 0. The predicted octanol–water partition coefficient (Wildman–Crippen LogP) is 3.82. The maximum absolute atomic E-state index is 12.8. The lowest BCUT2D eigenvalue weighted by Crippen LogP contribution is -2.25. The van der Waals surface area contributed by atoms with Crippen molar-refractivity contribution >= 4 is 28.3 Å². The van der Waals surface area contributed by atoms with E-state index in [2.05, 4.69) is 10.6 Å². The number of aromatic hydroxyl groups is 1. The topological polar surface area (TPSA) is 78.4 Å². The van der Waals surface area contributed by atoms with E-state index < -0.39 is 0 Å². The molecule has 0 aliphatic heterocycles. The van der Waals surface area contributed by atoms with Crippen LogP contribution < -0.4 is 10.6 Å². The summed E-state index contributed by atoms with van der Waals surface area (Å²) in [5.41, 5.74) is 1.56. The molecule has 5 nitrogen and oxygen atoms in total. The number of fused-ring (bicyclic) bond motifs is 1. The number of phenols is 1. The molecule has 27 heavy (non-hydrogen) atoms. The Morgan fingerprint density at radius 3 is 2.33 bits per heavy atom. The first-order chi connectivity index (χ1) is 13.1. The Labute approximate surface area is 157 Å². The van der Waals surface area contributed by atoms with E-state index >= 15 is 0 Å². The van der Waals surface area contributed by atoms with Gasteiger partial charge in [0.05, 0.1) is 11.3 Å². The van der Waals surface area contributed by atoms with Gasteiger partial charge in [-0.25, -0.2) is 0 Å². The highest BCUT2D eigenvalue weighted by molar-refractivity contribution is 6.08. The van der Waals surface area contributed by atoms with Gasteiger partial charge in [-0.15, -0.1) is 0 Å². The van der Waals surface area contributed by atoms with Crippen LogP contribution in [0.25, 0.3) is 10.8 Å². The van der Waals surface area contributed by atoms with Gasteiger partial charge in [0, 0.05) is 18.0 Å². The molecule has 0 saturated heterocycles. The van der Waals surface area contributed by atoms with E-state index in [1.165, 1.54) is 0 Å². The Morgan fingerprint density at radius 1 is 0.963 bits per heavy atom. The molecule has 3 aromatic rings. The second kappa shape index (κ2) is 7.11. The minimum absolute atomic E-state index is 0.0416. The molecular weight excluding hydrogens is 340 g/mol. The highest BCUT2D eigenvalue weighted by Gasteiger charge is 2.30. The van der Waals surface area contributed by atoms with E-state index in [-0.39, 0.29) is 30.0 Å². The fraction of sp³-hybridized carbons (Fsp3) is 0.182. The predicted molar refractivity (Wildman–Crippen MR) is 105 cm³/mol. The van der Waals surface area contributed by atoms with Gasteiger partial charge in [-0.1, -0.05) is 42.5 Å². The van der Waals surface area contributed by atoms with E-state index in [0.29, 0.717) is 16.8 Å². The van der Waals surface area contributed by atoms with Crippen molar-refractivity contribution in [3.05, 3.63) is 71.8 Å². The third-order valence-corrected chi connectivity index (χ3v) is 4.77. The van der Waals surface area contributed by atoms with Crippen LogP contribution in [0.4, 0.5) is 5.69 Å². The van der Waals surface area contributed by atoms with Gasteiger partial charge in [-0.05, 0) is 41.8 Å². The number of para-hydroxylation sites is 1. The number of carbonyl (C=O) groups excluding carboxylic acids is 2. The average molecular weight is 360 g/mol. The van der Waals surface area contributed by atoms with Crippen molar-refractivity contribution in [3.63, 3.8) is 0 Å². The van der Waals surface area contributed by atoms with Crippen molar-refractivity contribution in [1.29, 1.82) is 0 Å². The summed E-state index contributed by atoms with van der Waals surface area (Å²) in [6.07, 6.45) is 1.79. The molecule has 3 aromatic carbocycles. The van der Waals surface area contributed by atoms with E-state index in [1.54, 1.807) is 30.3 Å². The molecule has 4 rings (SSSR count). The Bertz CT molecular complexity index is 1020. The zero-order chi connectivity index (χ0) is 18.8. The molecule has 1 aliphatic rings. The molecule has 0 heterocycles. The fourth-order valence-electron chi connectivity index (χ4n) is 3.04. The number of carbonyl (C=O) groups is 2. The third kappa shape index (κ3) is 3.77. The highest BCUT2D eigenvalue weighted by Crippen LogP contribution is 2.32. The second-order valence-corrected chi connectivity index (χ2v) is 6.82. The number of hydrogen-bond acceptors (Lipinski definition) is 3. The van der Waals surface area contributed by atoms with Crippen LogP contribution in [-0.2, 0) is 11.3 Å². The Balaban J connectivity index is 1.62. The van der Waals surface area contributed by atoms with Gasteiger partial charge in [-0.3, -0.25) is 9.59 Å². The Hall–Kier alpha value is -3.34. The summed E-state index contributed by atoms with van der Waals surface area (Å²) in [5, 5.41) is 17.5. The van der Waals surface area contributed by atoms with Crippen molar-refractivity contribution in [2.45, 2.75) is 19.4 Å². The molecule has 2 amide bonds. The van der Waals surface area contributed by atoms with Crippen molar-refractivity contribution in [2.75, 3.05) is 5.32 Å². The minimum Gasteiger partial charge on any atom is -0.508 e. The van der Waals surface area contributed by atoms with Crippen LogP contribution in [-0.4, -0.2) is 16.9 Å². The monoisotopic (exact) mass is 360 g/mol. The molecule has 0 atom stereocenters. The molecule has 5 heteroatoms. The van der Waals surface area contributed by atoms with Crippen LogP contribution in [0.3, 0.4) is 0 Å².